The molecule has 2 aromatic rings. The van der Waals surface area contributed by atoms with E-state index in [1.165, 1.54) is 6.20 Å². The van der Waals surface area contributed by atoms with Gasteiger partial charge in [0.2, 0.25) is 0 Å². The number of pyridine rings is 1. The number of nitrogens with one attached hydrogen (secondary N) is 1. The van der Waals surface area contributed by atoms with Crippen LogP contribution in [0.1, 0.15) is 28.2 Å². The summed E-state index contributed by atoms with van der Waals surface area (Å²) in [6.45, 7) is 4.23. The van der Waals surface area contributed by atoms with E-state index < -0.39 is 9.84 Å². The van der Waals surface area contributed by atoms with E-state index in [-0.39, 0.29) is 23.3 Å². The van der Waals surface area contributed by atoms with Crippen molar-refractivity contribution >= 4 is 15.7 Å². The van der Waals surface area contributed by atoms with Crippen molar-refractivity contribution in [2.75, 3.05) is 18.1 Å². The Kier molecular flexibility index (Phi) is 4.40. The highest BCUT2D eigenvalue weighted by Gasteiger charge is 2.28. The number of sulfone groups is 1. The van der Waals surface area contributed by atoms with E-state index in [2.05, 4.69) is 15.4 Å². The van der Waals surface area contributed by atoms with Gasteiger partial charge in [-0.05, 0) is 44.4 Å². The maximum Gasteiger partial charge on any atom is 0.252 e. The number of aromatic nitrogens is 3. The van der Waals surface area contributed by atoms with Gasteiger partial charge in [0.15, 0.2) is 15.7 Å². The number of carbonyl (C=O) groups excluding carboxylic acids is 1. The van der Waals surface area contributed by atoms with Crippen LogP contribution in [-0.2, 0) is 9.84 Å². The highest BCUT2D eigenvalue weighted by atomic mass is 32.2. The van der Waals surface area contributed by atoms with Crippen LogP contribution < -0.4 is 5.32 Å². The first-order chi connectivity index (χ1) is 11.3. The average molecular weight is 348 g/mol. The maximum absolute atomic E-state index is 12.2. The van der Waals surface area contributed by atoms with Gasteiger partial charge in [-0.3, -0.25) is 4.79 Å². The molecule has 1 atom stereocenters. The van der Waals surface area contributed by atoms with Crippen LogP contribution >= 0.6 is 0 Å². The summed E-state index contributed by atoms with van der Waals surface area (Å²) in [4.78, 5) is 16.4. The fourth-order valence-electron chi connectivity index (χ4n) is 2.88. The molecule has 2 aromatic heterocycles. The fourth-order valence-corrected chi connectivity index (χ4v) is 4.74. The standard InChI is InChI=1S/C16H20N4O3S/c1-11-7-12(2)20(19-11)15-4-3-14(9-17-15)16(21)18-8-13-5-6-24(22,23)10-13/h3-4,7,9,13H,5-6,8,10H2,1-2H3,(H,18,21)/t13-/m0/s1. The van der Waals surface area contributed by atoms with Crippen molar-refractivity contribution < 1.29 is 13.2 Å². The molecule has 0 unspecified atom stereocenters. The van der Waals surface area contributed by atoms with Crippen molar-refractivity contribution in [3.8, 4) is 5.82 Å². The lowest BCUT2D eigenvalue weighted by Gasteiger charge is -2.10. The Labute approximate surface area is 141 Å². The Bertz CT molecular complexity index is 856. The lowest BCUT2D eigenvalue weighted by Crippen LogP contribution is -2.29. The van der Waals surface area contributed by atoms with Gasteiger partial charge in [0.05, 0.1) is 22.8 Å². The zero-order chi connectivity index (χ0) is 17.3. The van der Waals surface area contributed by atoms with Crippen LogP contribution in [0.4, 0.5) is 0 Å². The number of amides is 1. The molecule has 128 valence electrons. The quantitative estimate of drug-likeness (QED) is 0.891. The van der Waals surface area contributed by atoms with Crippen LogP contribution in [0.2, 0.25) is 0 Å². The average Bonchev–Trinajstić information content (AvgIpc) is 3.06. The molecule has 8 heteroatoms. The lowest BCUT2D eigenvalue weighted by atomic mass is 10.1. The van der Waals surface area contributed by atoms with Gasteiger partial charge in [-0.2, -0.15) is 5.10 Å². The van der Waals surface area contributed by atoms with E-state index in [0.29, 0.717) is 24.3 Å². The molecular weight excluding hydrogens is 328 g/mol. The molecular formula is C16H20N4O3S. The van der Waals surface area contributed by atoms with Crippen molar-refractivity contribution in [1.29, 1.82) is 0 Å². The Balaban J connectivity index is 1.63. The first-order valence-corrected chi connectivity index (χ1v) is 9.64. The second kappa shape index (κ2) is 6.35. The summed E-state index contributed by atoms with van der Waals surface area (Å²) in [5, 5.41) is 7.14. The van der Waals surface area contributed by atoms with Gasteiger partial charge in [-0.1, -0.05) is 0 Å². The summed E-state index contributed by atoms with van der Waals surface area (Å²) >= 11 is 0. The molecule has 1 saturated heterocycles. The summed E-state index contributed by atoms with van der Waals surface area (Å²) in [5.74, 6) is 0.779. The molecule has 7 nitrogen and oxygen atoms in total. The number of aryl methyl sites for hydroxylation is 2. The first kappa shape index (κ1) is 16.6. The molecule has 1 amide bonds. The summed E-state index contributed by atoms with van der Waals surface area (Å²) in [6.07, 6.45) is 2.12. The first-order valence-electron chi connectivity index (χ1n) is 7.82. The van der Waals surface area contributed by atoms with E-state index >= 15 is 0 Å². The highest BCUT2D eigenvalue weighted by molar-refractivity contribution is 7.91. The number of hydrogen-bond donors (Lipinski definition) is 1. The third-order valence-electron chi connectivity index (χ3n) is 4.11. The monoisotopic (exact) mass is 348 g/mol. The van der Waals surface area contributed by atoms with Crippen molar-refractivity contribution in [1.82, 2.24) is 20.1 Å². The molecule has 0 aliphatic carbocycles. The predicted molar refractivity (Wildman–Crippen MR) is 89.9 cm³/mol. The molecule has 0 spiro atoms. The van der Waals surface area contributed by atoms with Crippen molar-refractivity contribution in [3.63, 3.8) is 0 Å². The van der Waals surface area contributed by atoms with Crippen LogP contribution in [0.25, 0.3) is 5.82 Å². The largest absolute Gasteiger partial charge is 0.352 e. The minimum atomic E-state index is -2.92. The molecule has 0 bridgehead atoms. The van der Waals surface area contributed by atoms with Crippen LogP contribution in [0.3, 0.4) is 0 Å². The second-order valence-corrected chi connectivity index (χ2v) is 8.45. The van der Waals surface area contributed by atoms with Crippen LogP contribution in [0, 0.1) is 19.8 Å². The van der Waals surface area contributed by atoms with E-state index in [1.807, 2.05) is 19.9 Å². The molecule has 1 fully saturated rings. The topological polar surface area (TPSA) is 94.0 Å². The van der Waals surface area contributed by atoms with Crippen LogP contribution in [0.5, 0.6) is 0 Å². The van der Waals surface area contributed by atoms with Crippen molar-refractivity contribution in [2.45, 2.75) is 20.3 Å². The third kappa shape index (κ3) is 3.64. The van der Waals surface area contributed by atoms with Crippen molar-refractivity contribution in [3.05, 3.63) is 41.3 Å². The fraction of sp³-hybridized carbons (Fsp3) is 0.438. The minimum absolute atomic E-state index is 0.000816. The van der Waals surface area contributed by atoms with E-state index in [4.69, 9.17) is 0 Å². The zero-order valence-electron chi connectivity index (χ0n) is 13.7. The van der Waals surface area contributed by atoms with Gasteiger partial charge in [0, 0.05) is 18.4 Å². The normalized spacial score (nSPS) is 19.3. The smallest absolute Gasteiger partial charge is 0.252 e. The van der Waals surface area contributed by atoms with E-state index in [9.17, 15) is 13.2 Å². The summed E-state index contributed by atoms with van der Waals surface area (Å²) in [7, 11) is -2.92. The molecule has 0 aromatic carbocycles. The van der Waals surface area contributed by atoms with E-state index in [1.54, 1.807) is 16.8 Å². The Hall–Kier alpha value is -2.22. The summed E-state index contributed by atoms with van der Waals surface area (Å²) in [6, 6.07) is 5.39. The number of carbonyl (C=O) groups is 1. The molecule has 24 heavy (non-hydrogen) atoms. The maximum atomic E-state index is 12.2. The lowest BCUT2D eigenvalue weighted by molar-refractivity contribution is 0.0948. The highest BCUT2D eigenvalue weighted by Crippen LogP contribution is 2.17. The Morgan fingerprint density at radius 1 is 1.38 bits per heavy atom. The molecule has 1 N–H and O–H groups in total. The predicted octanol–water partition coefficient (Wildman–Crippen LogP) is 1.05. The SMILES string of the molecule is Cc1cc(C)n(-c2ccc(C(=O)NC[C@@H]3CCS(=O)(=O)C3)cn2)n1. The van der Waals surface area contributed by atoms with Gasteiger partial charge in [0.1, 0.15) is 0 Å². The summed E-state index contributed by atoms with van der Waals surface area (Å²) < 4.78 is 24.6. The molecule has 1 aliphatic heterocycles. The Morgan fingerprint density at radius 2 is 2.17 bits per heavy atom. The van der Waals surface area contributed by atoms with Gasteiger partial charge in [0.25, 0.3) is 5.91 Å². The zero-order valence-corrected chi connectivity index (χ0v) is 14.5. The van der Waals surface area contributed by atoms with Gasteiger partial charge >= 0.3 is 0 Å². The molecule has 1 aliphatic rings. The van der Waals surface area contributed by atoms with Gasteiger partial charge in [-0.25, -0.2) is 18.1 Å². The van der Waals surface area contributed by atoms with E-state index in [0.717, 1.165) is 11.4 Å². The molecule has 0 saturated carbocycles. The van der Waals surface area contributed by atoms with Gasteiger partial charge in [-0.15, -0.1) is 0 Å². The van der Waals surface area contributed by atoms with Crippen LogP contribution in [0.15, 0.2) is 24.4 Å². The molecule has 0 radical (unpaired) electrons. The van der Waals surface area contributed by atoms with Crippen LogP contribution in [-0.4, -0.2) is 47.1 Å². The number of rotatable bonds is 4. The number of hydrogen-bond acceptors (Lipinski definition) is 5. The molecule has 3 heterocycles. The summed E-state index contributed by atoms with van der Waals surface area (Å²) in [5.41, 5.74) is 2.32. The number of nitrogens with zero attached hydrogens (tertiary/aromatic N) is 3. The Morgan fingerprint density at radius 3 is 2.71 bits per heavy atom. The van der Waals surface area contributed by atoms with Crippen molar-refractivity contribution in [2.24, 2.45) is 5.92 Å². The third-order valence-corrected chi connectivity index (χ3v) is 5.95. The minimum Gasteiger partial charge on any atom is -0.352 e. The molecule has 3 rings (SSSR count). The second-order valence-electron chi connectivity index (χ2n) is 6.22. The van der Waals surface area contributed by atoms with Gasteiger partial charge < -0.3 is 5.32 Å².